The van der Waals surface area contributed by atoms with Crippen molar-refractivity contribution in [2.75, 3.05) is 0 Å². The minimum Gasteiger partial charge on any atom is -0.342 e. The molecule has 2 nitrogen and oxygen atoms in total. The van der Waals surface area contributed by atoms with Gasteiger partial charge in [-0.15, -0.1) is 0 Å². The minimum atomic E-state index is 0.581. The monoisotopic (exact) mass is 348 g/mol. The lowest BCUT2D eigenvalue weighted by Gasteiger charge is -2.14. The van der Waals surface area contributed by atoms with Crippen molar-refractivity contribution < 1.29 is 0 Å². The Balaban J connectivity index is 2.11. The van der Waals surface area contributed by atoms with Crippen molar-refractivity contribution in [1.82, 2.24) is 9.97 Å². The number of rotatable bonds is 2. The van der Waals surface area contributed by atoms with E-state index in [1.807, 2.05) is 0 Å². The quantitative estimate of drug-likeness (QED) is 0.722. The third-order valence-corrected chi connectivity index (χ3v) is 5.31. The van der Waals surface area contributed by atoms with Gasteiger partial charge in [0.05, 0.1) is 4.47 Å². The fraction of sp³-hybridized carbons (Fsp3) is 0.375. The van der Waals surface area contributed by atoms with E-state index in [1.165, 1.54) is 36.9 Å². The molecule has 104 valence electrons. The summed E-state index contributed by atoms with van der Waals surface area (Å²) in [6.07, 6.45) is 5.09. The van der Waals surface area contributed by atoms with Crippen LogP contribution < -0.4 is 0 Å². The van der Waals surface area contributed by atoms with Crippen LogP contribution in [0.5, 0.6) is 0 Å². The Labute approximate surface area is 132 Å². The Hall–Kier alpha value is -1.00. The number of hydrogen-bond donors (Lipinski definition) is 1. The van der Waals surface area contributed by atoms with E-state index < -0.39 is 0 Å². The number of nitrogens with zero attached hydrogens (tertiary/aromatic N) is 1. The van der Waals surface area contributed by atoms with Gasteiger partial charge in [-0.25, -0.2) is 4.98 Å². The Morgan fingerprint density at radius 2 is 2.05 bits per heavy atom. The van der Waals surface area contributed by atoms with E-state index in [-0.39, 0.29) is 0 Å². The summed E-state index contributed by atoms with van der Waals surface area (Å²) in [5.41, 5.74) is 3.55. The lowest BCUT2D eigenvalue weighted by Crippen LogP contribution is -2.02. The van der Waals surface area contributed by atoms with Gasteiger partial charge >= 0.3 is 0 Å². The number of benzene rings is 1. The zero-order chi connectivity index (χ0) is 14.1. The highest BCUT2D eigenvalue weighted by Crippen LogP contribution is 2.37. The van der Waals surface area contributed by atoms with E-state index in [0.29, 0.717) is 10.6 Å². The second-order valence-corrected chi connectivity index (χ2v) is 6.65. The molecule has 0 radical (unpaired) electrons. The molecular formula is C16H17BrN2S. The summed E-state index contributed by atoms with van der Waals surface area (Å²) < 4.78 is 1.62. The first-order valence-electron chi connectivity index (χ1n) is 7.02. The van der Waals surface area contributed by atoms with Crippen molar-refractivity contribution in [3.8, 4) is 11.4 Å². The van der Waals surface area contributed by atoms with E-state index in [9.17, 15) is 0 Å². The molecule has 4 heteroatoms. The summed E-state index contributed by atoms with van der Waals surface area (Å²) in [4.78, 5) is 8.04. The van der Waals surface area contributed by atoms with Gasteiger partial charge in [0.2, 0.25) is 0 Å². The Morgan fingerprint density at radius 1 is 1.30 bits per heavy atom. The summed E-state index contributed by atoms with van der Waals surface area (Å²) in [5, 5.41) is 0. The van der Waals surface area contributed by atoms with Crippen molar-refractivity contribution in [2.24, 2.45) is 0 Å². The predicted octanol–water partition coefficient (Wildman–Crippen LogP) is 5.53. The van der Waals surface area contributed by atoms with E-state index in [0.717, 1.165) is 15.9 Å². The molecule has 0 unspecified atom stereocenters. The van der Waals surface area contributed by atoms with Gasteiger partial charge in [-0.3, -0.25) is 0 Å². The zero-order valence-electron chi connectivity index (χ0n) is 11.4. The van der Waals surface area contributed by atoms with Gasteiger partial charge in [0.15, 0.2) is 0 Å². The zero-order valence-corrected chi connectivity index (χ0v) is 13.9. The lowest BCUT2D eigenvalue weighted by atomic mass is 10.0. The van der Waals surface area contributed by atoms with Gasteiger partial charge in [0, 0.05) is 17.2 Å². The lowest BCUT2D eigenvalue weighted by molar-refractivity contribution is 0.690. The average Bonchev–Trinajstić information content (AvgIpc) is 2.95. The van der Waals surface area contributed by atoms with Gasteiger partial charge in [-0.2, -0.15) is 0 Å². The van der Waals surface area contributed by atoms with Gasteiger partial charge < -0.3 is 4.98 Å². The molecule has 0 saturated heterocycles. The molecule has 0 atom stereocenters. The van der Waals surface area contributed by atoms with Crippen molar-refractivity contribution in [3.05, 3.63) is 44.6 Å². The summed E-state index contributed by atoms with van der Waals surface area (Å²) in [6, 6.07) is 8.36. The summed E-state index contributed by atoms with van der Waals surface area (Å²) in [7, 11) is 0. The Bertz CT molecular complexity index is 687. The molecule has 1 aliphatic carbocycles. The van der Waals surface area contributed by atoms with Crippen molar-refractivity contribution in [1.29, 1.82) is 0 Å². The summed E-state index contributed by atoms with van der Waals surface area (Å²) >= 11 is 9.03. The van der Waals surface area contributed by atoms with E-state index in [2.05, 4.69) is 57.1 Å². The van der Waals surface area contributed by atoms with Crippen LogP contribution in [0.3, 0.4) is 0 Å². The largest absolute Gasteiger partial charge is 0.342 e. The van der Waals surface area contributed by atoms with Crippen LogP contribution in [0.4, 0.5) is 0 Å². The summed E-state index contributed by atoms with van der Waals surface area (Å²) in [6.45, 7) is 2.09. The fourth-order valence-electron chi connectivity index (χ4n) is 2.90. The molecule has 1 fully saturated rings. The predicted molar refractivity (Wildman–Crippen MR) is 88.5 cm³/mol. The van der Waals surface area contributed by atoms with Gasteiger partial charge in [-0.05, 0) is 41.8 Å². The maximum absolute atomic E-state index is 5.42. The van der Waals surface area contributed by atoms with E-state index in [4.69, 9.17) is 12.2 Å². The van der Waals surface area contributed by atoms with Crippen LogP contribution >= 0.6 is 28.1 Å². The molecule has 1 aromatic carbocycles. The second-order valence-electron chi connectivity index (χ2n) is 5.47. The molecule has 0 spiro atoms. The van der Waals surface area contributed by atoms with E-state index in [1.54, 1.807) is 0 Å². The number of aromatic nitrogens is 2. The number of hydrogen-bond acceptors (Lipinski definition) is 2. The first-order valence-corrected chi connectivity index (χ1v) is 8.22. The number of H-pyrrole nitrogens is 1. The molecule has 1 aromatic heterocycles. The molecule has 1 heterocycles. The van der Waals surface area contributed by atoms with Crippen LogP contribution in [0, 0.1) is 11.6 Å². The third kappa shape index (κ3) is 2.72. The van der Waals surface area contributed by atoms with Gasteiger partial charge in [-0.1, -0.05) is 48.8 Å². The molecule has 0 aliphatic heterocycles. The summed E-state index contributed by atoms with van der Waals surface area (Å²) in [5.74, 6) is 1.46. The minimum absolute atomic E-state index is 0.581. The molecule has 2 aromatic rings. The molecule has 3 rings (SSSR count). The van der Waals surface area contributed by atoms with E-state index >= 15 is 0 Å². The van der Waals surface area contributed by atoms with Crippen LogP contribution in [0.1, 0.15) is 42.9 Å². The average molecular weight is 349 g/mol. The van der Waals surface area contributed by atoms with Crippen LogP contribution in [0.2, 0.25) is 0 Å². The highest BCUT2D eigenvalue weighted by molar-refractivity contribution is 9.10. The van der Waals surface area contributed by atoms with Crippen LogP contribution in [0.25, 0.3) is 11.4 Å². The molecule has 0 amide bonds. The second kappa shape index (κ2) is 5.78. The number of nitrogens with one attached hydrogen (secondary N) is 1. The smallest absolute Gasteiger partial charge is 0.144 e. The standard InChI is InChI=1S/C16H17BrN2S/c1-10-5-4-8-12(9-10)15-18-14(11-6-2-3-7-11)13(17)16(20)19-15/h4-5,8-9,11H,2-3,6-7H2,1H3,(H,18,19,20). The van der Waals surface area contributed by atoms with Crippen LogP contribution in [-0.2, 0) is 0 Å². The van der Waals surface area contributed by atoms with Crippen molar-refractivity contribution in [2.45, 2.75) is 38.5 Å². The van der Waals surface area contributed by atoms with Gasteiger partial charge in [0.25, 0.3) is 0 Å². The van der Waals surface area contributed by atoms with Crippen LogP contribution in [0.15, 0.2) is 28.7 Å². The fourth-order valence-corrected chi connectivity index (χ4v) is 3.61. The number of aryl methyl sites for hydroxylation is 1. The SMILES string of the molecule is Cc1cccc(-c2nc(=S)c(Br)c(C3CCCC3)[nH]2)c1. The Morgan fingerprint density at radius 3 is 2.75 bits per heavy atom. The highest BCUT2D eigenvalue weighted by atomic mass is 79.9. The normalized spacial score (nSPS) is 15.7. The Kier molecular flexibility index (Phi) is 4.03. The molecule has 1 N–H and O–H groups in total. The van der Waals surface area contributed by atoms with Gasteiger partial charge in [0.1, 0.15) is 10.5 Å². The molecule has 0 bridgehead atoms. The molecular weight excluding hydrogens is 332 g/mol. The topological polar surface area (TPSA) is 28.7 Å². The maximum atomic E-state index is 5.42. The third-order valence-electron chi connectivity index (χ3n) is 3.95. The molecule has 20 heavy (non-hydrogen) atoms. The van der Waals surface area contributed by atoms with Crippen LogP contribution in [-0.4, -0.2) is 9.97 Å². The molecule has 1 aliphatic rings. The number of halogens is 1. The first kappa shape index (κ1) is 14.0. The van der Waals surface area contributed by atoms with Crippen molar-refractivity contribution >= 4 is 28.1 Å². The maximum Gasteiger partial charge on any atom is 0.144 e. The van der Waals surface area contributed by atoms with Crippen molar-refractivity contribution in [3.63, 3.8) is 0 Å². The highest BCUT2D eigenvalue weighted by Gasteiger charge is 2.21. The number of aromatic amines is 1. The molecule has 1 saturated carbocycles. The first-order chi connectivity index (χ1) is 9.65.